The van der Waals surface area contributed by atoms with Gasteiger partial charge < -0.3 is 5.32 Å². The Morgan fingerprint density at radius 1 is 1.15 bits per heavy atom. The van der Waals surface area contributed by atoms with Crippen LogP contribution < -0.4 is 5.32 Å². The minimum Gasteiger partial charge on any atom is -0.321 e. The molecule has 1 amide bonds. The summed E-state index contributed by atoms with van der Waals surface area (Å²) in [5.74, 6) is -0.480. The van der Waals surface area contributed by atoms with Gasteiger partial charge in [-0.05, 0) is 56.3 Å². The van der Waals surface area contributed by atoms with Gasteiger partial charge in [-0.1, -0.05) is 29.8 Å². The largest absolute Gasteiger partial charge is 0.321 e. The predicted molar refractivity (Wildman–Crippen MR) is 107 cm³/mol. The Balaban J connectivity index is 1.92. The second-order valence-corrected chi connectivity index (χ2v) is 6.40. The van der Waals surface area contributed by atoms with Crippen molar-refractivity contribution >= 4 is 29.3 Å². The molecule has 1 N–H and O–H groups in total. The predicted octanol–water partition coefficient (Wildman–Crippen LogP) is 4.69. The second kappa shape index (κ2) is 7.90. The van der Waals surface area contributed by atoms with Crippen LogP contribution in [0.15, 0.2) is 60.2 Å². The van der Waals surface area contributed by atoms with Crippen molar-refractivity contribution in [1.29, 1.82) is 5.26 Å². The molecule has 27 heavy (non-hydrogen) atoms. The number of amides is 1. The van der Waals surface area contributed by atoms with E-state index in [1.165, 1.54) is 0 Å². The first-order valence-corrected chi connectivity index (χ1v) is 8.67. The minimum atomic E-state index is -0.480. The van der Waals surface area contributed by atoms with Crippen molar-refractivity contribution < 1.29 is 4.79 Å². The monoisotopic (exact) mass is 376 g/mol. The van der Waals surface area contributed by atoms with Crippen molar-refractivity contribution in [2.75, 3.05) is 5.32 Å². The maximum absolute atomic E-state index is 12.5. The van der Waals surface area contributed by atoms with Gasteiger partial charge in [0.2, 0.25) is 0 Å². The summed E-state index contributed by atoms with van der Waals surface area (Å²) in [6.45, 7) is 3.76. The summed E-state index contributed by atoms with van der Waals surface area (Å²) in [5.41, 5.74) is 3.83. The van der Waals surface area contributed by atoms with Gasteiger partial charge >= 0.3 is 0 Å². The van der Waals surface area contributed by atoms with Crippen molar-refractivity contribution in [1.82, 2.24) is 9.78 Å². The van der Waals surface area contributed by atoms with Crippen LogP contribution in [-0.2, 0) is 4.79 Å². The Hall–Kier alpha value is -3.36. The van der Waals surface area contributed by atoms with Crippen LogP contribution in [0.2, 0.25) is 5.02 Å². The summed E-state index contributed by atoms with van der Waals surface area (Å²) in [7, 11) is 0. The van der Waals surface area contributed by atoms with E-state index in [1.54, 1.807) is 35.0 Å². The lowest BCUT2D eigenvalue weighted by atomic mass is 10.1. The molecule has 3 rings (SSSR count). The number of nitrogens with zero attached hydrogens (tertiary/aromatic N) is 3. The average Bonchev–Trinajstić information content (AvgIpc) is 2.96. The van der Waals surface area contributed by atoms with Crippen LogP contribution in [0, 0.1) is 25.2 Å². The van der Waals surface area contributed by atoms with Gasteiger partial charge in [0.1, 0.15) is 11.6 Å². The molecule has 134 valence electrons. The van der Waals surface area contributed by atoms with Gasteiger partial charge in [0.05, 0.1) is 11.4 Å². The summed E-state index contributed by atoms with van der Waals surface area (Å²) in [4.78, 5) is 12.5. The number of aryl methyl sites for hydroxylation is 1. The molecule has 1 aromatic heterocycles. The summed E-state index contributed by atoms with van der Waals surface area (Å²) >= 11 is 5.85. The fraction of sp³-hybridized carbons (Fsp3) is 0.0952. The highest BCUT2D eigenvalue weighted by atomic mass is 35.5. The molecule has 3 aromatic rings. The zero-order valence-corrected chi connectivity index (χ0v) is 15.7. The Morgan fingerprint density at radius 2 is 1.81 bits per heavy atom. The summed E-state index contributed by atoms with van der Waals surface area (Å²) in [5, 5.41) is 17.3. The van der Waals surface area contributed by atoms with Gasteiger partial charge in [0, 0.05) is 22.0 Å². The number of benzene rings is 2. The average molecular weight is 377 g/mol. The fourth-order valence-electron chi connectivity index (χ4n) is 2.71. The molecule has 0 spiro atoms. The molecule has 0 aliphatic heterocycles. The van der Waals surface area contributed by atoms with Crippen molar-refractivity contribution in [2.24, 2.45) is 0 Å². The number of halogens is 1. The highest BCUT2D eigenvalue weighted by molar-refractivity contribution is 6.30. The molecular formula is C21H17ClN4O. The standard InChI is InChI=1S/C21H17ClN4O/c1-14-20(15(2)26(25-14)19-6-4-3-5-7-19)12-16(13-23)21(27)24-18-10-8-17(22)9-11-18/h3-12H,1-2H3,(H,24,27)/b16-12-. The van der Waals surface area contributed by atoms with E-state index in [-0.39, 0.29) is 5.57 Å². The van der Waals surface area contributed by atoms with Crippen LogP contribution in [0.5, 0.6) is 0 Å². The Kier molecular flexibility index (Phi) is 5.39. The molecule has 0 saturated heterocycles. The van der Waals surface area contributed by atoms with Gasteiger partial charge in [-0.3, -0.25) is 4.79 Å². The highest BCUT2D eigenvalue weighted by Crippen LogP contribution is 2.21. The molecule has 0 aliphatic carbocycles. The normalized spacial score (nSPS) is 11.1. The Morgan fingerprint density at radius 3 is 2.44 bits per heavy atom. The SMILES string of the molecule is Cc1nn(-c2ccccc2)c(C)c1/C=C(/C#N)C(=O)Nc1ccc(Cl)cc1. The van der Waals surface area contributed by atoms with Crippen LogP contribution in [0.3, 0.4) is 0 Å². The van der Waals surface area contributed by atoms with E-state index in [9.17, 15) is 10.1 Å². The van der Waals surface area contributed by atoms with Gasteiger partial charge in [-0.25, -0.2) is 4.68 Å². The third-order valence-electron chi connectivity index (χ3n) is 4.10. The lowest BCUT2D eigenvalue weighted by molar-refractivity contribution is -0.112. The zero-order chi connectivity index (χ0) is 19.4. The number of hydrogen-bond acceptors (Lipinski definition) is 3. The lowest BCUT2D eigenvalue weighted by Crippen LogP contribution is -2.13. The number of hydrogen-bond donors (Lipinski definition) is 1. The smallest absolute Gasteiger partial charge is 0.266 e. The Labute approximate surface area is 162 Å². The van der Waals surface area contributed by atoms with E-state index in [2.05, 4.69) is 10.4 Å². The van der Waals surface area contributed by atoms with Crippen LogP contribution in [0.1, 0.15) is 17.0 Å². The molecule has 0 unspecified atom stereocenters. The quantitative estimate of drug-likeness (QED) is 0.530. The van der Waals surface area contributed by atoms with Crippen LogP contribution in [0.25, 0.3) is 11.8 Å². The molecule has 5 nitrogen and oxygen atoms in total. The summed E-state index contributed by atoms with van der Waals surface area (Å²) in [6, 6.07) is 18.4. The van der Waals surface area contributed by atoms with Crippen molar-refractivity contribution in [3.63, 3.8) is 0 Å². The fourth-order valence-corrected chi connectivity index (χ4v) is 2.83. The number of rotatable bonds is 4. The van der Waals surface area contributed by atoms with Gasteiger partial charge in [0.25, 0.3) is 5.91 Å². The van der Waals surface area contributed by atoms with E-state index < -0.39 is 5.91 Å². The third-order valence-corrected chi connectivity index (χ3v) is 4.36. The first kappa shape index (κ1) is 18.4. The number of para-hydroxylation sites is 1. The number of anilines is 1. The number of nitrogens with one attached hydrogen (secondary N) is 1. The molecule has 0 saturated carbocycles. The van der Waals surface area contributed by atoms with Crippen LogP contribution in [0.4, 0.5) is 5.69 Å². The maximum Gasteiger partial charge on any atom is 0.266 e. The third kappa shape index (κ3) is 4.08. The topological polar surface area (TPSA) is 70.7 Å². The maximum atomic E-state index is 12.5. The molecule has 0 aliphatic rings. The van der Waals surface area contributed by atoms with E-state index in [1.807, 2.05) is 50.2 Å². The first-order valence-electron chi connectivity index (χ1n) is 8.30. The van der Waals surface area contributed by atoms with Crippen LogP contribution >= 0.6 is 11.6 Å². The molecule has 0 bridgehead atoms. The number of aromatic nitrogens is 2. The molecular weight excluding hydrogens is 360 g/mol. The number of nitriles is 1. The molecule has 0 fully saturated rings. The molecule has 0 atom stereocenters. The summed E-state index contributed by atoms with van der Waals surface area (Å²) in [6.07, 6.45) is 1.57. The molecule has 1 heterocycles. The van der Waals surface area contributed by atoms with Gasteiger partial charge in [-0.2, -0.15) is 10.4 Å². The van der Waals surface area contributed by atoms with Gasteiger partial charge in [-0.15, -0.1) is 0 Å². The van der Waals surface area contributed by atoms with Crippen molar-refractivity contribution in [3.05, 3.63) is 82.1 Å². The highest BCUT2D eigenvalue weighted by Gasteiger charge is 2.15. The van der Waals surface area contributed by atoms with E-state index in [0.29, 0.717) is 10.7 Å². The molecule has 2 aromatic carbocycles. The minimum absolute atomic E-state index is 0.00348. The molecule has 6 heteroatoms. The van der Waals surface area contributed by atoms with Gasteiger partial charge in [0.15, 0.2) is 0 Å². The number of carbonyl (C=O) groups is 1. The first-order chi connectivity index (χ1) is 13.0. The Bertz CT molecular complexity index is 1040. The van der Waals surface area contributed by atoms with E-state index in [4.69, 9.17) is 11.6 Å². The second-order valence-electron chi connectivity index (χ2n) is 5.96. The summed E-state index contributed by atoms with van der Waals surface area (Å²) < 4.78 is 1.80. The van der Waals surface area contributed by atoms with Crippen molar-refractivity contribution in [3.8, 4) is 11.8 Å². The van der Waals surface area contributed by atoms with Crippen molar-refractivity contribution in [2.45, 2.75) is 13.8 Å². The van der Waals surface area contributed by atoms with E-state index in [0.717, 1.165) is 22.6 Å². The van der Waals surface area contributed by atoms with Crippen LogP contribution in [-0.4, -0.2) is 15.7 Å². The number of carbonyl (C=O) groups excluding carboxylic acids is 1. The molecule has 0 radical (unpaired) electrons. The lowest BCUT2D eigenvalue weighted by Gasteiger charge is -2.05. The zero-order valence-electron chi connectivity index (χ0n) is 14.9. The van der Waals surface area contributed by atoms with E-state index >= 15 is 0 Å².